The number of morpholine rings is 1. The molecule has 1 saturated heterocycles. The van der Waals surface area contributed by atoms with Crippen LogP contribution in [-0.4, -0.2) is 57.6 Å². The van der Waals surface area contributed by atoms with Crippen LogP contribution in [-0.2, 0) is 26.0 Å². The van der Waals surface area contributed by atoms with Crippen LogP contribution < -0.4 is 9.64 Å². The number of fused-ring (bicyclic) bond motifs is 1. The Labute approximate surface area is 184 Å². The van der Waals surface area contributed by atoms with E-state index in [2.05, 4.69) is 15.9 Å². The first-order valence-electron chi connectivity index (χ1n) is 9.77. The zero-order chi connectivity index (χ0) is 21.3. The molecule has 0 N–H and O–H groups in total. The van der Waals surface area contributed by atoms with Crippen LogP contribution in [0.25, 0.3) is 0 Å². The molecule has 0 aromatic heterocycles. The maximum atomic E-state index is 12.8. The van der Waals surface area contributed by atoms with Gasteiger partial charge in [-0.3, -0.25) is 4.79 Å². The molecule has 7 nitrogen and oxygen atoms in total. The fourth-order valence-corrected chi connectivity index (χ4v) is 5.65. The number of hydrogen-bond acceptors (Lipinski definition) is 5. The number of anilines is 1. The van der Waals surface area contributed by atoms with Gasteiger partial charge < -0.3 is 14.4 Å². The molecule has 160 valence electrons. The summed E-state index contributed by atoms with van der Waals surface area (Å²) >= 11 is 3.47. The van der Waals surface area contributed by atoms with Gasteiger partial charge in [0.2, 0.25) is 10.0 Å². The zero-order valence-electron chi connectivity index (χ0n) is 16.6. The molecule has 30 heavy (non-hydrogen) atoms. The van der Waals surface area contributed by atoms with Gasteiger partial charge in [-0.15, -0.1) is 0 Å². The second-order valence-electron chi connectivity index (χ2n) is 7.37. The highest BCUT2D eigenvalue weighted by Crippen LogP contribution is 2.34. The van der Waals surface area contributed by atoms with Crippen molar-refractivity contribution in [2.75, 3.05) is 37.8 Å². The Kier molecular flexibility index (Phi) is 6.15. The van der Waals surface area contributed by atoms with Gasteiger partial charge in [0.15, 0.2) is 6.61 Å². The number of ether oxygens (including phenoxy) is 2. The summed E-state index contributed by atoms with van der Waals surface area (Å²) < 4.78 is 38.6. The Morgan fingerprint density at radius 2 is 1.87 bits per heavy atom. The van der Waals surface area contributed by atoms with Crippen LogP contribution in [0, 0.1) is 0 Å². The minimum absolute atomic E-state index is 0.0615. The van der Waals surface area contributed by atoms with E-state index in [4.69, 9.17) is 9.47 Å². The maximum Gasteiger partial charge on any atom is 0.265 e. The lowest BCUT2D eigenvalue weighted by molar-refractivity contribution is -0.120. The summed E-state index contributed by atoms with van der Waals surface area (Å²) in [5.74, 6) is 0.320. The van der Waals surface area contributed by atoms with Gasteiger partial charge in [0.25, 0.3) is 5.91 Å². The Balaban J connectivity index is 1.40. The van der Waals surface area contributed by atoms with Crippen LogP contribution in [0.5, 0.6) is 5.75 Å². The SMILES string of the molecule is C[C@H]1Cc2cc(Br)ccc2N1C(=O)COc1ccc(S(=O)(=O)N2CCOCC2)cc1. The largest absolute Gasteiger partial charge is 0.484 e. The third kappa shape index (κ3) is 4.25. The molecule has 0 spiro atoms. The van der Waals surface area contributed by atoms with E-state index in [1.807, 2.05) is 25.1 Å². The van der Waals surface area contributed by atoms with Crippen molar-refractivity contribution in [3.8, 4) is 5.75 Å². The molecule has 9 heteroatoms. The number of rotatable bonds is 5. The van der Waals surface area contributed by atoms with Crippen LogP contribution in [0.1, 0.15) is 12.5 Å². The lowest BCUT2D eigenvalue weighted by atomic mass is 10.1. The highest BCUT2D eigenvalue weighted by atomic mass is 79.9. The number of nitrogens with zero attached hydrogens (tertiary/aromatic N) is 2. The van der Waals surface area contributed by atoms with Crippen LogP contribution in [0.4, 0.5) is 5.69 Å². The Hall–Kier alpha value is -1.94. The summed E-state index contributed by atoms with van der Waals surface area (Å²) in [6.07, 6.45) is 0.800. The monoisotopic (exact) mass is 494 g/mol. The molecular formula is C21H23BrN2O5S. The number of sulfonamides is 1. The van der Waals surface area contributed by atoms with Gasteiger partial charge in [-0.25, -0.2) is 8.42 Å². The second kappa shape index (κ2) is 8.66. The molecule has 0 saturated carbocycles. The molecule has 2 aromatic rings. The molecule has 2 heterocycles. The number of carbonyl (C=O) groups excluding carboxylic acids is 1. The van der Waals surface area contributed by atoms with Gasteiger partial charge in [0, 0.05) is 29.3 Å². The van der Waals surface area contributed by atoms with Crippen molar-refractivity contribution in [2.24, 2.45) is 0 Å². The number of carbonyl (C=O) groups is 1. The minimum Gasteiger partial charge on any atom is -0.484 e. The molecule has 1 amide bonds. The van der Waals surface area contributed by atoms with Crippen molar-refractivity contribution in [3.05, 3.63) is 52.5 Å². The molecular weight excluding hydrogens is 472 g/mol. The molecule has 2 aromatic carbocycles. The summed E-state index contributed by atoms with van der Waals surface area (Å²) in [6.45, 7) is 3.39. The van der Waals surface area contributed by atoms with Crippen LogP contribution >= 0.6 is 15.9 Å². The van der Waals surface area contributed by atoms with Crippen molar-refractivity contribution >= 4 is 37.5 Å². The first-order chi connectivity index (χ1) is 14.4. The van der Waals surface area contributed by atoms with E-state index in [0.29, 0.717) is 32.1 Å². The molecule has 4 rings (SSSR count). The van der Waals surface area contributed by atoms with Crippen molar-refractivity contribution in [1.29, 1.82) is 0 Å². The van der Waals surface area contributed by atoms with E-state index < -0.39 is 10.0 Å². The smallest absolute Gasteiger partial charge is 0.265 e. The van der Waals surface area contributed by atoms with E-state index >= 15 is 0 Å². The molecule has 0 radical (unpaired) electrons. The van der Waals surface area contributed by atoms with Crippen LogP contribution in [0.2, 0.25) is 0 Å². The molecule has 2 aliphatic rings. The number of halogens is 1. The first kappa shape index (κ1) is 21.3. The van der Waals surface area contributed by atoms with E-state index in [-0.39, 0.29) is 23.5 Å². The van der Waals surface area contributed by atoms with E-state index in [0.717, 1.165) is 22.1 Å². The topological polar surface area (TPSA) is 76.2 Å². The van der Waals surface area contributed by atoms with E-state index in [1.54, 1.807) is 17.0 Å². The maximum absolute atomic E-state index is 12.8. The summed E-state index contributed by atoms with van der Waals surface area (Å²) in [5.41, 5.74) is 2.04. The molecule has 1 fully saturated rings. The zero-order valence-corrected chi connectivity index (χ0v) is 19.0. The van der Waals surface area contributed by atoms with Crippen LogP contribution in [0.15, 0.2) is 51.8 Å². The van der Waals surface area contributed by atoms with Crippen molar-refractivity contribution in [1.82, 2.24) is 4.31 Å². The molecule has 0 bridgehead atoms. The van der Waals surface area contributed by atoms with E-state index in [9.17, 15) is 13.2 Å². The fourth-order valence-electron chi connectivity index (χ4n) is 3.84. The Bertz CT molecular complexity index is 1040. The van der Waals surface area contributed by atoms with Gasteiger partial charge in [-0.05, 0) is 61.4 Å². The predicted octanol–water partition coefficient (Wildman–Crippen LogP) is 2.83. The second-order valence-corrected chi connectivity index (χ2v) is 10.2. The average Bonchev–Trinajstić information content (AvgIpc) is 3.07. The third-order valence-corrected chi connectivity index (χ3v) is 7.73. The first-order valence-corrected chi connectivity index (χ1v) is 12.0. The quantitative estimate of drug-likeness (QED) is 0.638. The molecule has 2 aliphatic heterocycles. The van der Waals surface area contributed by atoms with E-state index in [1.165, 1.54) is 16.4 Å². The molecule has 0 aliphatic carbocycles. The van der Waals surface area contributed by atoms with Gasteiger partial charge in [0.05, 0.1) is 18.1 Å². The lowest BCUT2D eigenvalue weighted by Gasteiger charge is -2.26. The lowest BCUT2D eigenvalue weighted by Crippen LogP contribution is -2.40. The summed E-state index contributed by atoms with van der Waals surface area (Å²) in [5, 5.41) is 0. The standard InChI is InChI=1S/C21H23BrN2O5S/c1-15-12-16-13-17(22)2-7-20(16)24(15)21(25)14-29-18-3-5-19(6-4-18)30(26,27)23-8-10-28-11-9-23/h2-7,13,15H,8-12,14H2,1H3/t15-/m0/s1. The number of benzene rings is 2. The summed E-state index contributed by atoms with van der Waals surface area (Å²) in [4.78, 5) is 14.8. The predicted molar refractivity (Wildman–Crippen MR) is 116 cm³/mol. The van der Waals surface area contributed by atoms with Crippen molar-refractivity contribution < 1.29 is 22.7 Å². The fraction of sp³-hybridized carbons (Fsp3) is 0.381. The molecule has 1 atom stereocenters. The third-order valence-electron chi connectivity index (χ3n) is 5.32. The van der Waals surface area contributed by atoms with Gasteiger partial charge >= 0.3 is 0 Å². The van der Waals surface area contributed by atoms with Crippen molar-refractivity contribution in [3.63, 3.8) is 0 Å². The average molecular weight is 495 g/mol. The Morgan fingerprint density at radius 1 is 1.17 bits per heavy atom. The number of amides is 1. The summed E-state index contributed by atoms with van der Waals surface area (Å²) in [7, 11) is -3.55. The van der Waals surface area contributed by atoms with Gasteiger partial charge in [-0.2, -0.15) is 4.31 Å². The highest BCUT2D eigenvalue weighted by Gasteiger charge is 2.31. The Morgan fingerprint density at radius 3 is 2.57 bits per heavy atom. The normalized spacial score (nSPS) is 19.5. The van der Waals surface area contributed by atoms with Gasteiger partial charge in [0.1, 0.15) is 5.75 Å². The molecule has 0 unspecified atom stereocenters. The van der Waals surface area contributed by atoms with Crippen LogP contribution in [0.3, 0.4) is 0 Å². The number of hydrogen-bond donors (Lipinski definition) is 0. The highest BCUT2D eigenvalue weighted by molar-refractivity contribution is 9.10. The van der Waals surface area contributed by atoms with Crippen molar-refractivity contribution in [2.45, 2.75) is 24.3 Å². The minimum atomic E-state index is -3.55. The van der Waals surface area contributed by atoms with Gasteiger partial charge in [-0.1, -0.05) is 15.9 Å². The summed E-state index contributed by atoms with van der Waals surface area (Å²) in [6, 6.07) is 12.1.